The van der Waals surface area contributed by atoms with Gasteiger partial charge in [0, 0.05) is 22.2 Å². The summed E-state index contributed by atoms with van der Waals surface area (Å²) in [6.07, 6.45) is 0. The van der Waals surface area contributed by atoms with Crippen LogP contribution >= 0.6 is 34.2 Å². The summed E-state index contributed by atoms with van der Waals surface area (Å²) in [7, 11) is 2.77. The zero-order chi connectivity index (χ0) is 15.6. The summed E-state index contributed by atoms with van der Waals surface area (Å²) in [6, 6.07) is 7.55. The average molecular weight is 421 g/mol. The monoisotopic (exact) mass is 420 g/mol. The van der Waals surface area contributed by atoms with Crippen molar-refractivity contribution in [3.8, 4) is 16.9 Å². The predicted octanol–water partition coefficient (Wildman–Crippen LogP) is 4.55. The van der Waals surface area contributed by atoms with Gasteiger partial charge in [0.2, 0.25) is 0 Å². The third-order valence-corrected chi connectivity index (χ3v) is 4.08. The maximum Gasteiger partial charge on any atom is 0.337 e. The molecule has 0 spiro atoms. The number of benzene rings is 2. The molecule has 0 unspecified atom stereocenters. The van der Waals surface area contributed by atoms with Gasteiger partial charge in [-0.05, 0) is 40.8 Å². The highest BCUT2D eigenvalue weighted by molar-refractivity contribution is 14.1. The van der Waals surface area contributed by atoms with Crippen molar-refractivity contribution in [1.82, 2.24) is 0 Å². The van der Waals surface area contributed by atoms with E-state index in [-0.39, 0.29) is 5.02 Å². The molecule has 3 nitrogen and oxygen atoms in total. The quantitative estimate of drug-likeness (QED) is 0.540. The lowest BCUT2D eigenvalue weighted by atomic mass is 10.0. The SMILES string of the molecule is COC(=O)c1ccc(-c2cc(I)c(OC)cc2F)c(Cl)c1. The van der Waals surface area contributed by atoms with E-state index in [0.29, 0.717) is 22.4 Å². The van der Waals surface area contributed by atoms with E-state index in [1.165, 1.54) is 26.4 Å². The van der Waals surface area contributed by atoms with Crippen LogP contribution in [0.1, 0.15) is 10.4 Å². The molecule has 0 bridgehead atoms. The van der Waals surface area contributed by atoms with E-state index in [1.54, 1.807) is 18.2 Å². The Bertz CT molecular complexity index is 704. The normalized spacial score (nSPS) is 10.3. The summed E-state index contributed by atoms with van der Waals surface area (Å²) in [5.41, 5.74) is 1.17. The second kappa shape index (κ2) is 6.62. The maximum atomic E-state index is 14.2. The van der Waals surface area contributed by atoms with Crippen LogP contribution in [0.5, 0.6) is 5.75 Å². The molecule has 110 valence electrons. The minimum atomic E-state index is -0.492. The highest BCUT2D eigenvalue weighted by Gasteiger charge is 2.15. The minimum absolute atomic E-state index is 0.276. The van der Waals surface area contributed by atoms with Crippen molar-refractivity contribution in [3.05, 3.63) is 50.3 Å². The molecule has 21 heavy (non-hydrogen) atoms. The molecule has 0 saturated heterocycles. The zero-order valence-electron chi connectivity index (χ0n) is 11.2. The molecule has 2 aromatic carbocycles. The van der Waals surface area contributed by atoms with Gasteiger partial charge in [0.15, 0.2) is 0 Å². The Kier molecular flexibility index (Phi) is 5.05. The Morgan fingerprint density at radius 3 is 2.48 bits per heavy atom. The van der Waals surface area contributed by atoms with Crippen LogP contribution in [-0.2, 0) is 4.74 Å². The number of hydrogen-bond acceptors (Lipinski definition) is 3. The molecule has 0 aromatic heterocycles. The molecule has 0 amide bonds. The number of rotatable bonds is 3. The van der Waals surface area contributed by atoms with Crippen LogP contribution in [0.4, 0.5) is 4.39 Å². The van der Waals surface area contributed by atoms with Gasteiger partial charge in [-0.2, -0.15) is 0 Å². The van der Waals surface area contributed by atoms with Crippen molar-refractivity contribution in [2.75, 3.05) is 14.2 Å². The topological polar surface area (TPSA) is 35.5 Å². The average Bonchev–Trinajstić information content (AvgIpc) is 2.48. The summed E-state index contributed by atoms with van der Waals surface area (Å²) in [5, 5.41) is 0.276. The summed E-state index contributed by atoms with van der Waals surface area (Å²) in [6.45, 7) is 0. The van der Waals surface area contributed by atoms with Crippen molar-refractivity contribution < 1.29 is 18.7 Å². The lowest BCUT2D eigenvalue weighted by Gasteiger charge is -2.10. The molecule has 0 saturated carbocycles. The van der Waals surface area contributed by atoms with Crippen molar-refractivity contribution in [1.29, 1.82) is 0 Å². The number of carbonyl (C=O) groups is 1. The standard InChI is InChI=1S/C15H11ClFIO3/c1-20-14-7-12(17)10(6-13(14)18)9-4-3-8(5-11(9)16)15(19)21-2/h3-7H,1-2H3. The Morgan fingerprint density at radius 2 is 1.90 bits per heavy atom. The van der Waals surface area contributed by atoms with Gasteiger partial charge in [0.25, 0.3) is 0 Å². The van der Waals surface area contributed by atoms with Gasteiger partial charge in [-0.1, -0.05) is 17.7 Å². The second-order valence-corrected chi connectivity index (χ2v) is 5.72. The molecule has 0 aliphatic heterocycles. The van der Waals surface area contributed by atoms with Gasteiger partial charge in [0.05, 0.1) is 23.4 Å². The Hall–Kier alpha value is -1.34. The molecule has 0 heterocycles. The number of esters is 1. The van der Waals surface area contributed by atoms with Crippen molar-refractivity contribution in [3.63, 3.8) is 0 Å². The van der Waals surface area contributed by atoms with Crippen LogP contribution in [0.15, 0.2) is 30.3 Å². The molecule has 2 aromatic rings. The predicted molar refractivity (Wildman–Crippen MR) is 87.5 cm³/mol. The van der Waals surface area contributed by atoms with Gasteiger partial charge in [-0.3, -0.25) is 0 Å². The molecular weight excluding hydrogens is 410 g/mol. The fraction of sp³-hybridized carbons (Fsp3) is 0.133. The summed E-state index contributed by atoms with van der Waals surface area (Å²) in [5.74, 6) is -0.479. The van der Waals surface area contributed by atoms with Crippen molar-refractivity contribution in [2.45, 2.75) is 0 Å². The highest BCUT2D eigenvalue weighted by atomic mass is 127. The van der Waals surface area contributed by atoms with Gasteiger partial charge in [-0.25, -0.2) is 9.18 Å². The third kappa shape index (κ3) is 3.29. The number of hydrogen-bond donors (Lipinski definition) is 0. The van der Waals surface area contributed by atoms with Crippen LogP contribution in [0, 0.1) is 9.39 Å². The van der Waals surface area contributed by atoms with Gasteiger partial charge >= 0.3 is 5.97 Å². The Balaban J connectivity index is 2.52. The smallest absolute Gasteiger partial charge is 0.337 e. The lowest BCUT2D eigenvalue weighted by molar-refractivity contribution is 0.0601. The molecule has 0 aliphatic rings. The maximum absolute atomic E-state index is 14.2. The van der Waals surface area contributed by atoms with Crippen LogP contribution in [0.3, 0.4) is 0 Å². The first kappa shape index (κ1) is 16.0. The van der Waals surface area contributed by atoms with E-state index >= 15 is 0 Å². The molecule has 6 heteroatoms. The fourth-order valence-corrected chi connectivity index (χ4v) is 2.84. The summed E-state index contributed by atoms with van der Waals surface area (Å²) >= 11 is 8.21. The van der Waals surface area contributed by atoms with Crippen molar-refractivity contribution >= 4 is 40.2 Å². The lowest BCUT2D eigenvalue weighted by Crippen LogP contribution is -2.01. The molecule has 0 atom stereocenters. The number of ether oxygens (including phenoxy) is 2. The second-order valence-electron chi connectivity index (χ2n) is 4.15. The number of carbonyl (C=O) groups excluding carboxylic acids is 1. The fourth-order valence-electron chi connectivity index (χ4n) is 1.87. The van der Waals surface area contributed by atoms with Crippen LogP contribution < -0.4 is 4.74 Å². The summed E-state index contributed by atoms with van der Waals surface area (Å²) in [4.78, 5) is 11.4. The van der Waals surface area contributed by atoms with E-state index in [0.717, 1.165) is 3.57 Å². The van der Waals surface area contributed by atoms with E-state index < -0.39 is 11.8 Å². The van der Waals surface area contributed by atoms with Crippen LogP contribution in [0.25, 0.3) is 11.1 Å². The molecule has 0 N–H and O–H groups in total. The van der Waals surface area contributed by atoms with E-state index in [2.05, 4.69) is 27.3 Å². The zero-order valence-corrected chi connectivity index (χ0v) is 14.2. The molecule has 2 rings (SSSR count). The van der Waals surface area contributed by atoms with Gasteiger partial charge < -0.3 is 9.47 Å². The van der Waals surface area contributed by atoms with Crippen LogP contribution in [0.2, 0.25) is 5.02 Å². The van der Waals surface area contributed by atoms with Gasteiger partial charge in [-0.15, -0.1) is 0 Å². The molecular formula is C15H11ClFIO3. The van der Waals surface area contributed by atoms with Crippen molar-refractivity contribution in [2.24, 2.45) is 0 Å². The third-order valence-electron chi connectivity index (χ3n) is 2.92. The largest absolute Gasteiger partial charge is 0.496 e. The van der Waals surface area contributed by atoms with E-state index in [1.807, 2.05) is 0 Å². The number of halogens is 3. The molecule has 0 aliphatic carbocycles. The first-order valence-electron chi connectivity index (χ1n) is 5.89. The van der Waals surface area contributed by atoms with Gasteiger partial charge in [0.1, 0.15) is 11.6 Å². The Labute approximate surface area is 140 Å². The molecule has 0 fully saturated rings. The highest BCUT2D eigenvalue weighted by Crippen LogP contribution is 2.35. The Morgan fingerprint density at radius 1 is 1.19 bits per heavy atom. The minimum Gasteiger partial charge on any atom is -0.496 e. The van der Waals surface area contributed by atoms with Crippen LogP contribution in [-0.4, -0.2) is 20.2 Å². The van der Waals surface area contributed by atoms with E-state index in [4.69, 9.17) is 16.3 Å². The first-order valence-corrected chi connectivity index (χ1v) is 7.35. The van der Waals surface area contributed by atoms with E-state index in [9.17, 15) is 9.18 Å². The summed E-state index contributed by atoms with van der Waals surface area (Å²) < 4.78 is 24.6. The number of methoxy groups -OCH3 is 2. The first-order chi connectivity index (χ1) is 9.97. The molecule has 0 radical (unpaired) electrons.